The number of carbonyl (C=O) groups is 1. The van der Waals surface area contributed by atoms with Crippen molar-refractivity contribution in [3.63, 3.8) is 0 Å². The second kappa shape index (κ2) is 12.1. The van der Waals surface area contributed by atoms with Crippen LogP contribution in [0.3, 0.4) is 0 Å². The smallest absolute Gasteiger partial charge is 0.255 e. The summed E-state index contributed by atoms with van der Waals surface area (Å²) < 4.78 is 11.0. The third-order valence-corrected chi connectivity index (χ3v) is 6.37. The van der Waals surface area contributed by atoms with Crippen molar-refractivity contribution in [2.24, 2.45) is 0 Å². The number of benzene rings is 1. The lowest BCUT2D eigenvalue weighted by Gasteiger charge is -2.38. The van der Waals surface area contributed by atoms with Gasteiger partial charge >= 0.3 is 0 Å². The molecule has 2 heterocycles. The molecule has 31 heavy (non-hydrogen) atoms. The maximum absolute atomic E-state index is 12.8. The second-order valence-electron chi connectivity index (χ2n) is 7.01. The number of carbonyl (C=O) groups excluding carboxylic acids is 1. The Labute approximate surface area is 190 Å². The van der Waals surface area contributed by atoms with Crippen LogP contribution >= 0.6 is 23.4 Å². The van der Waals surface area contributed by atoms with E-state index in [1.165, 1.54) is 19.5 Å². The third kappa shape index (κ3) is 6.71. The summed E-state index contributed by atoms with van der Waals surface area (Å²) in [7, 11) is 3.17. The molecule has 12 heteroatoms. The lowest BCUT2D eigenvalue weighted by Crippen LogP contribution is -2.55. The quantitative estimate of drug-likeness (QED) is 0.280. The molecule has 0 unspecified atom stereocenters. The predicted molar refractivity (Wildman–Crippen MR) is 121 cm³/mol. The predicted octanol–water partition coefficient (Wildman–Crippen LogP) is 1.23. The fraction of sp³-hybridized carbons (Fsp3) is 0.526. The lowest BCUT2D eigenvalue weighted by molar-refractivity contribution is 0.00655. The minimum absolute atomic E-state index is 0. The highest BCUT2D eigenvalue weighted by atomic mass is 35.5. The van der Waals surface area contributed by atoms with Gasteiger partial charge in [0.25, 0.3) is 5.91 Å². The van der Waals surface area contributed by atoms with Gasteiger partial charge in [0.15, 0.2) is 5.16 Å². The summed E-state index contributed by atoms with van der Waals surface area (Å²) in [6.07, 6.45) is 3.24. The zero-order valence-corrected chi connectivity index (χ0v) is 19.1. The van der Waals surface area contributed by atoms with Gasteiger partial charge in [0, 0.05) is 32.0 Å². The van der Waals surface area contributed by atoms with Gasteiger partial charge in [-0.05, 0) is 25.5 Å². The fourth-order valence-corrected chi connectivity index (χ4v) is 4.34. The maximum atomic E-state index is 12.8. The van der Waals surface area contributed by atoms with Gasteiger partial charge in [-0.1, -0.05) is 23.4 Å². The zero-order valence-electron chi connectivity index (χ0n) is 17.6. The average molecular weight is 473 g/mol. The van der Waals surface area contributed by atoms with Crippen molar-refractivity contribution in [1.82, 2.24) is 25.4 Å². The van der Waals surface area contributed by atoms with E-state index in [2.05, 4.69) is 25.4 Å². The number of hydrogen-bond acceptors (Lipinski definition) is 8. The number of aromatic nitrogens is 3. The Hall–Kier alpha value is -2.05. The summed E-state index contributed by atoms with van der Waals surface area (Å²) in [5.74, 6) is 1.10. The van der Waals surface area contributed by atoms with Crippen molar-refractivity contribution in [1.29, 1.82) is 0 Å². The SMILES string of the molecule is COc1cc(N)c(Cl)cc1C(=O)N[C@@H]1CCN(CCCSc2ncn[nH]2)C[C@@H]1OC.O. The van der Waals surface area contributed by atoms with Gasteiger partial charge in [0.1, 0.15) is 12.1 Å². The number of nitrogens with zero attached hydrogens (tertiary/aromatic N) is 3. The Bertz CT molecular complexity index is 841. The van der Waals surface area contributed by atoms with Gasteiger partial charge in [0.05, 0.1) is 35.5 Å². The van der Waals surface area contributed by atoms with Crippen molar-refractivity contribution in [3.8, 4) is 5.75 Å². The Morgan fingerprint density at radius 1 is 1.45 bits per heavy atom. The molecular formula is C19H29ClN6O4S. The lowest BCUT2D eigenvalue weighted by atomic mass is 10.0. The van der Waals surface area contributed by atoms with Crippen molar-refractivity contribution < 1.29 is 19.7 Å². The number of likely N-dealkylation sites (tertiary alicyclic amines) is 1. The topological polar surface area (TPSA) is 150 Å². The van der Waals surface area contributed by atoms with Crippen LogP contribution in [0.2, 0.25) is 5.02 Å². The summed E-state index contributed by atoms with van der Waals surface area (Å²) in [6, 6.07) is 3.00. The molecule has 0 bridgehead atoms. The molecule has 3 rings (SSSR count). The minimum Gasteiger partial charge on any atom is -0.496 e. The van der Waals surface area contributed by atoms with Crippen LogP contribution in [0.15, 0.2) is 23.6 Å². The molecule has 1 saturated heterocycles. The number of halogens is 1. The molecule has 2 atom stereocenters. The number of nitrogens with two attached hydrogens (primary N) is 1. The summed E-state index contributed by atoms with van der Waals surface area (Å²) >= 11 is 7.75. The molecule has 10 nitrogen and oxygen atoms in total. The molecule has 0 aliphatic carbocycles. The number of anilines is 1. The Kier molecular flexibility index (Phi) is 9.85. The standard InChI is InChI=1S/C19H27ClN6O3S.H2O/c1-28-16-9-14(21)13(20)8-12(16)18(27)24-15-4-6-26(10-17(15)29-2)5-3-7-30-19-22-11-23-25-19;/h8-9,11,15,17H,3-7,10,21H2,1-2H3,(H,24,27)(H,22,23,25);1H2/t15-,17+;/m1./s1. The second-order valence-corrected chi connectivity index (χ2v) is 8.50. The number of rotatable bonds is 9. The highest BCUT2D eigenvalue weighted by Crippen LogP contribution is 2.29. The van der Waals surface area contributed by atoms with Crippen LogP contribution in [0.25, 0.3) is 0 Å². The van der Waals surface area contributed by atoms with Gasteiger partial charge in [-0.15, -0.1) is 0 Å². The summed E-state index contributed by atoms with van der Waals surface area (Å²) in [5, 5.41) is 10.9. The van der Waals surface area contributed by atoms with Crippen LogP contribution in [0.1, 0.15) is 23.2 Å². The normalized spacial score (nSPS) is 18.9. The first-order chi connectivity index (χ1) is 14.5. The highest BCUT2D eigenvalue weighted by molar-refractivity contribution is 7.99. The fourth-order valence-electron chi connectivity index (χ4n) is 3.47. The van der Waals surface area contributed by atoms with Gasteiger partial charge in [0.2, 0.25) is 0 Å². The number of methoxy groups -OCH3 is 2. The van der Waals surface area contributed by atoms with Crippen LogP contribution in [0, 0.1) is 0 Å². The van der Waals surface area contributed by atoms with E-state index in [0.29, 0.717) is 22.0 Å². The number of piperidine rings is 1. The number of H-pyrrole nitrogens is 1. The first kappa shape index (κ1) is 25.2. The van der Waals surface area contributed by atoms with Crippen LogP contribution in [-0.2, 0) is 4.74 Å². The molecule has 1 aromatic carbocycles. The summed E-state index contributed by atoms with van der Waals surface area (Å²) in [6.45, 7) is 2.61. The molecule has 1 aliphatic rings. The molecule has 0 radical (unpaired) electrons. The highest BCUT2D eigenvalue weighted by Gasteiger charge is 2.31. The Morgan fingerprint density at radius 2 is 2.26 bits per heavy atom. The Morgan fingerprint density at radius 3 is 2.94 bits per heavy atom. The molecule has 1 aromatic heterocycles. The maximum Gasteiger partial charge on any atom is 0.255 e. The van der Waals surface area contributed by atoms with Gasteiger partial charge in [-0.2, -0.15) is 5.10 Å². The van der Waals surface area contributed by atoms with Crippen molar-refractivity contribution in [3.05, 3.63) is 29.0 Å². The average Bonchev–Trinajstić information content (AvgIpc) is 3.27. The molecule has 0 saturated carbocycles. The van der Waals surface area contributed by atoms with E-state index in [1.807, 2.05) is 0 Å². The minimum atomic E-state index is -0.252. The van der Waals surface area contributed by atoms with Gasteiger partial charge < -0.3 is 30.9 Å². The Balaban J connectivity index is 0.00000341. The molecule has 6 N–H and O–H groups in total. The zero-order chi connectivity index (χ0) is 21.5. The van der Waals surface area contributed by atoms with E-state index in [0.717, 1.165) is 43.4 Å². The number of nitrogen functional groups attached to an aromatic ring is 1. The number of amides is 1. The first-order valence-electron chi connectivity index (χ1n) is 9.69. The van der Waals surface area contributed by atoms with Crippen LogP contribution in [-0.4, -0.2) is 83.2 Å². The van der Waals surface area contributed by atoms with Gasteiger partial charge in [-0.25, -0.2) is 4.98 Å². The van der Waals surface area contributed by atoms with Crippen molar-refractivity contribution in [2.75, 3.05) is 45.3 Å². The van der Waals surface area contributed by atoms with E-state index in [9.17, 15) is 4.79 Å². The van der Waals surface area contributed by atoms with E-state index in [1.54, 1.807) is 24.9 Å². The van der Waals surface area contributed by atoms with Crippen LogP contribution < -0.4 is 15.8 Å². The summed E-state index contributed by atoms with van der Waals surface area (Å²) in [4.78, 5) is 19.3. The molecule has 2 aromatic rings. The first-order valence-corrected chi connectivity index (χ1v) is 11.0. The number of ether oxygens (including phenoxy) is 2. The van der Waals surface area contributed by atoms with Crippen molar-refractivity contribution in [2.45, 2.75) is 30.1 Å². The number of hydrogen-bond donors (Lipinski definition) is 3. The van der Waals surface area contributed by atoms with E-state index in [4.69, 9.17) is 26.8 Å². The van der Waals surface area contributed by atoms with Crippen LogP contribution in [0.5, 0.6) is 5.75 Å². The van der Waals surface area contributed by atoms with Gasteiger partial charge in [-0.3, -0.25) is 9.89 Å². The molecule has 1 fully saturated rings. The molecule has 0 spiro atoms. The van der Waals surface area contributed by atoms with E-state index in [-0.39, 0.29) is 23.5 Å². The number of nitrogens with one attached hydrogen (secondary N) is 2. The molecule has 1 amide bonds. The van der Waals surface area contributed by atoms with E-state index < -0.39 is 0 Å². The number of thioether (sulfide) groups is 1. The van der Waals surface area contributed by atoms with Crippen LogP contribution in [0.4, 0.5) is 5.69 Å². The summed E-state index contributed by atoms with van der Waals surface area (Å²) in [5.41, 5.74) is 6.54. The monoisotopic (exact) mass is 472 g/mol. The number of aromatic amines is 1. The molecule has 1 aliphatic heterocycles. The van der Waals surface area contributed by atoms with E-state index >= 15 is 0 Å². The van der Waals surface area contributed by atoms with Crippen molar-refractivity contribution >= 4 is 35.0 Å². The third-order valence-electron chi connectivity index (χ3n) is 5.08. The molecular weight excluding hydrogens is 444 g/mol. The molecule has 172 valence electrons. The largest absolute Gasteiger partial charge is 0.496 e.